The van der Waals surface area contributed by atoms with Gasteiger partial charge in [-0.3, -0.25) is 0 Å². The SMILES string of the molecule is C=CCC1C(Br)C(O)N1C(C(=O)O)=C(C)C. The summed E-state index contributed by atoms with van der Waals surface area (Å²) in [4.78, 5) is 12.5. The van der Waals surface area contributed by atoms with Crippen molar-refractivity contribution in [1.29, 1.82) is 0 Å². The van der Waals surface area contributed by atoms with Crippen molar-refractivity contribution in [2.45, 2.75) is 37.4 Å². The standard InChI is InChI=1S/C11H16BrNO3/c1-4-5-7-8(12)10(14)13(7)9(6(2)3)11(15)16/h4,7-8,10,14H,1,5H2,2-3H3,(H,15,16). The number of hydrogen-bond acceptors (Lipinski definition) is 3. The molecular weight excluding hydrogens is 274 g/mol. The maximum absolute atomic E-state index is 11.1. The Morgan fingerprint density at radius 2 is 2.12 bits per heavy atom. The van der Waals surface area contributed by atoms with Gasteiger partial charge in [0.05, 0.1) is 10.9 Å². The van der Waals surface area contributed by atoms with Crippen molar-refractivity contribution in [3.8, 4) is 0 Å². The van der Waals surface area contributed by atoms with Crippen LogP contribution in [0, 0.1) is 0 Å². The fourth-order valence-corrected chi connectivity index (χ4v) is 2.62. The first-order valence-corrected chi connectivity index (χ1v) is 5.95. The smallest absolute Gasteiger partial charge is 0.352 e. The van der Waals surface area contributed by atoms with Crippen LogP contribution in [0.2, 0.25) is 0 Å². The highest BCUT2D eigenvalue weighted by Crippen LogP contribution is 2.37. The van der Waals surface area contributed by atoms with Crippen molar-refractivity contribution in [2.75, 3.05) is 0 Å². The van der Waals surface area contributed by atoms with E-state index in [0.29, 0.717) is 12.0 Å². The molecule has 0 radical (unpaired) electrons. The lowest BCUT2D eigenvalue weighted by Crippen LogP contribution is -2.65. The Labute approximate surface area is 103 Å². The van der Waals surface area contributed by atoms with E-state index < -0.39 is 12.2 Å². The molecule has 5 heteroatoms. The van der Waals surface area contributed by atoms with E-state index in [-0.39, 0.29) is 16.6 Å². The van der Waals surface area contributed by atoms with E-state index in [4.69, 9.17) is 5.11 Å². The largest absolute Gasteiger partial charge is 0.477 e. The van der Waals surface area contributed by atoms with Crippen LogP contribution in [0.1, 0.15) is 20.3 Å². The second-order valence-electron chi connectivity index (χ2n) is 4.01. The maximum Gasteiger partial charge on any atom is 0.352 e. The van der Waals surface area contributed by atoms with Crippen molar-refractivity contribution in [2.24, 2.45) is 0 Å². The first-order valence-electron chi connectivity index (χ1n) is 5.04. The van der Waals surface area contributed by atoms with Crippen molar-refractivity contribution in [3.05, 3.63) is 23.9 Å². The lowest BCUT2D eigenvalue weighted by molar-refractivity contribution is -0.143. The number of carboxylic acids is 1. The fourth-order valence-electron chi connectivity index (χ4n) is 1.90. The van der Waals surface area contributed by atoms with Crippen LogP contribution in [0.4, 0.5) is 0 Å². The Hall–Kier alpha value is -0.810. The van der Waals surface area contributed by atoms with Gasteiger partial charge >= 0.3 is 5.97 Å². The van der Waals surface area contributed by atoms with Crippen LogP contribution in [0.25, 0.3) is 0 Å². The summed E-state index contributed by atoms with van der Waals surface area (Å²) < 4.78 is 0. The lowest BCUT2D eigenvalue weighted by Gasteiger charge is -2.51. The number of nitrogens with zero attached hydrogens (tertiary/aromatic N) is 1. The Bertz CT molecular complexity index is 336. The molecule has 1 saturated heterocycles. The molecule has 90 valence electrons. The Morgan fingerprint density at radius 1 is 1.56 bits per heavy atom. The zero-order chi connectivity index (χ0) is 12.5. The maximum atomic E-state index is 11.1. The molecule has 1 rings (SSSR count). The molecule has 0 aromatic heterocycles. The average molecular weight is 290 g/mol. The van der Waals surface area contributed by atoms with Crippen LogP contribution in [0.15, 0.2) is 23.9 Å². The van der Waals surface area contributed by atoms with Crippen LogP contribution in [-0.4, -0.2) is 38.2 Å². The molecule has 2 N–H and O–H groups in total. The van der Waals surface area contributed by atoms with E-state index in [1.165, 1.54) is 4.90 Å². The minimum atomic E-state index is -1.01. The van der Waals surface area contributed by atoms with Gasteiger partial charge in [-0.2, -0.15) is 0 Å². The van der Waals surface area contributed by atoms with Gasteiger partial charge in [-0.15, -0.1) is 6.58 Å². The van der Waals surface area contributed by atoms with Crippen molar-refractivity contribution >= 4 is 21.9 Å². The van der Waals surface area contributed by atoms with Crippen LogP contribution in [0.3, 0.4) is 0 Å². The average Bonchev–Trinajstić information content (AvgIpc) is 2.21. The van der Waals surface area contributed by atoms with Crippen LogP contribution < -0.4 is 0 Å². The summed E-state index contributed by atoms with van der Waals surface area (Å²) in [7, 11) is 0. The molecule has 3 atom stereocenters. The molecule has 1 aliphatic heterocycles. The van der Waals surface area contributed by atoms with Crippen molar-refractivity contribution in [3.63, 3.8) is 0 Å². The van der Waals surface area contributed by atoms with Crippen LogP contribution in [-0.2, 0) is 4.79 Å². The molecule has 0 aliphatic carbocycles. The highest BCUT2D eigenvalue weighted by atomic mass is 79.9. The zero-order valence-electron chi connectivity index (χ0n) is 9.35. The molecule has 1 heterocycles. The Morgan fingerprint density at radius 3 is 2.50 bits per heavy atom. The van der Waals surface area contributed by atoms with Crippen LogP contribution in [0.5, 0.6) is 0 Å². The number of carboxylic acid groups (broad SMARTS) is 1. The summed E-state index contributed by atoms with van der Waals surface area (Å²) in [6, 6.07) is -0.0477. The number of aliphatic hydroxyl groups is 1. The number of halogens is 1. The van der Waals surface area contributed by atoms with Gasteiger partial charge < -0.3 is 15.1 Å². The summed E-state index contributed by atoms with van der Waals surface area (Å²) >= 11 is 3.34. The van der Waals surface area contributed by atoms with Gasteiger partial charge in [0.15, 0.2) is 0 Å². The number of hydrogen-bond donors (Lipinski definition) is 2. The van der Waals surface area contributed by atoms with E-state index in [0.717, 1.165) is 0 Å². The number of likely N-dealkylation sites (tertiary alicyclic amines) is 1. The number of allylic oxidation sites excluding steroid dienone is 1. The van der Waals surface area contributed by atoms with Gasteiger partial charge in [-0.25, -0.2) is 4.79 Å². The molecule has 0 bridgehead atoms. The fraction of sp³-hybridized carbons (Fsp3) is 0.545. The molecule has 1 aliphatic rings. The van der Waals surface area contributed by atoms with E-state index in [9.17, 15) is 9.90 Å². The molecule has 0 spiro atoms. The van der Waals surface area contributed by atoms with E-state index in [1.807, 2.05) is 0 Å². The topological polar surface area (TPSA) is 60.8 Å². The third-order valence-electron chi connectivity index (χ3n) is 2.64. The molecule has 0 aromatic rings. The van der Waals surface area contributed by atoms with Crippen molar-refractivity contribution < 1.29 is 15.0 Å². The summed E-state index contributed by atoms with van der Waals surface area (Å²) in [5.41, 5.74) is 0.857. The zero-order valence-corrected chi connectivity index (χ0v) is 10.9. The number of aliphatic hydroxyl groups excluding tert-OH is 1. The summed E-state index contributed by atoms with van der Waals surface area (Å²) in [6.07, 6.45) is 1.57. The number of rotatable bonds is 4. The molecule has 4 nitrogen and oxygen atoms in total. The molecule has 0 saturated carbocycles. The number of carbonyl (C=O) groups is 1. The van der Waals surface area contributed by atoms with Gasteiger partial charge in [0.25, 0.3) is 0 Å². The van der Waals surface area contributed by atoms with Crippen molar-refractivity contribution in [1.82, 2.24) is 4.90 Å². The summed E-state index contributed by atoms with van der Waals surface area (Å²) in [5.74, 6) is -1.01. The third kappa shape index (κ3) is 2.15. The predicted octanol–water partition coefficient (Wildman–Crippen LogP) is 1.71. The van der Waals surface area contributed by atoms with E-state index >= 15 is 0 Å². The highest BCUT2D eigenvalue weighted by Gasteiger charge is 2.48. The van der Waals surface area contributed by atoms with E-state index in [1.54, 1.807) is 19.9 Å². The molecule has 0 amide bonds. The minimum absolute atomic E-state index is 0.0477. The summed E-state index contributed by atoms with van der Waals surface area (Å²) in [5, 5.41) is 18.9. The second-order valence-corrected chi connectivity index (χ2v) is 5.07. The highest BCUT2D eigenvalue weighted by molar-refractivity contribution is 9.09. The second kappa shape index (κ2) is 5.01. The normalized spacial score (nSPS) is 28.2. The van der Waals surface area contributed by atoms with Gasteiger partial charge in [-0.1, -0.05) is 22.0 Å². The van der Waals surface area contributed by atoms with Gasteiger partial charge in [-0.05, 0) is 25.8 Å². The Kier molecular flexibility index (Phi) is 4.15. The lowest BCUT2D eigenvalue weighted by atomic mass is 9.95. The monoisotopic (exact) mass is 289 g/mol. The Balaban J connectivity index is 2.98. The molecule has 0 aromatic carbocycles. The number of alkyl halides is 1. The molecule has 3 unspecified atom stereocenters. The van der Waals surface area contributed by atoms with Gasteiger partial charge in [0.1, 0.15) is 11.9 Å². The predicted molar refractivity (Wildman–Crippen MR) is 65.2 cm³/mol. The van der Waals surface area contributed by atoms with Gasteiger partial charge in [0.2, 0.25) is 0 Å². The quantitative estimate of drug-likeness (QED) is 0.470. The molecular formula is C11H16BrNO3. The molecule has 1 fully saturated rings. The first kappa shape index (κ1) is 13.3. The van der Waals surface area contributed by atoms with Crippen LogP contribution >= 0.6 is 15.9 Å². The first-order chi connectivity index (χ1) is 7.41. The third-order valence-corrected chi connectivity index (χ3v) is 3.72. The molecule has 16 heavy (non-hydrogen) atoms. The van der Waals surface area contributed by atoms with E-state index in [2.05, 4.69) is 22.5 Å². The summed E-state index contributed by atoms with van der Waals surface area (Å²) in [6.45, 7) is 7.08. The number of aliphatic carboxylic acids is 1. The van der Waals surface area contributed by atoms with Gasteiger partial charge in [0, 0.05) is 0 Å². The minimum Gasteiger partial charge on any atom is -0.477 e.